The van der Waals surface area contributed by atoms with Crippen molar-refractivity contribution in [3.63, 3.8) is 0 Å². The lowest BCUT2D eigenvalue weighted by molar-refractivity contribution is -0.120. The summed E-state index contributed by atoms with van der Waals surface area (Å²) in [4.78, 5) is 12.9. The molecule has 2 rings (SSSR count). The highest BCUT2D eigenvalue weighted by atomic mass is 16.5. The smallest absolute Gasteiger partial charge is 0.231 e. The first-order chi connectivity index (χ1) is 9.03. The summed E-state index contributed by atoms with van der Waals surface area (Å²) in [5, 5.41) is 10.7. The molecule has 0 radical (unpaired) electrons. The molecule has 0 spiro atoms. The molecule has 0 unspecified atom stereocenters. The van der Waals surface area contributed by atoms with Gasteiger partial charge in [-0.2, -0.15) is 0 Å². The molecule has 1 aromatic rings. The number of likely N-dealkylation sites (tertiary alicyclic amines) is 1. The van der Waals surface area contributed by atoms with E-state index in [4.69, 9.17) is 10.5 Å². The van der Waals surface area contributed by atoms with E-state index < -0.39 is 5.60 Å². The highest BCUT2D eigenvalue weighted by Crippen LogP contribution is 2.34. The molecule has 5 heteroatoms. The van der Waals surface area contributed by atoms with Crippen LogP contribution < -0.4 is 10.5 Å². The zero-order valence-electron chi connectivity index (χ0n) is 11.1. The second kappa shape index (κ2) is 5.59. The number of amides is 1. The van der Waals surface area contributed by atoms with Crippen molar-refractivity contribution >= 4 is 5.91 Å². The van der Waals surface area contributed by atoms with E-state index in [0.717, 1.165) is 11.3 Å². The number of piperidine rings is 1. The average molecular weight is 264 g/mol. The molecule has 5 nitrogen and oxygen atoms in total. The van der Waals surface area contributed by atoms with E-state index >= 15 is 0 Å². The molecule has 1 saturated heterocycles. The van der Waals surface area contributed by atoms with Gasteiger partial charge < -0.3 is 15.6 Å². The highest BCUT2D eigenvalue weighted by molar-refractivity contribution is 5.75. The Morgan fingerprint density at radius 3 is 2.74 bits per heavy atom. The fraction of sp³-hybridized carbons (Fsp3) is 0.500. The quantitative estimate of drug-likeness (QED) is 0.828. The van der Waals surface area contributed by atoms with E-state index in [1.165, 1.54) is 0 Å². The Hall–Kier alpha value is -1.59. The number of aliphatic hydroxyl groups is 1. The van der Waals surface area contributed by atoms with Crippen molar-refractivity contribution in [1.82, 2.24) is 4.90 Å². The first-order valence-corrected chi connectivity index (χ1v) is 6.41. The van der Waals surface area contributed by atoms with Crippen LogP contribution in [0.3, 0.4) is 0 Å². The minimum atomic E-state index is -0.845. The average Bonchev–Trinajstić information content (AvgIpc) is 2.41. The zero-order valence-corrected chi connectivity index (χ0v) is 11.1. The van der Waals surface area contributed by atoms with E-state index in [1.54, 1.807) is 7.11 Å². The van der Waals surface area contributed by atoms with Crippen molar-refractivity contribution in [3.05, 3.63) is 29.8 Å². The predicted molar refractivity (Wildman–Crippen MR) is 71.8 cm³/mol. The summed E-state index contributed by atoms with van der Waals surface area (Å²) in [6, 6.07) is 7.51. The molecule has 0 bridgehead atoms. The maximum Gasteiger partial charge on any atom is 0.231 e. The van der Waals surface area contributed by atoms with Crippen molar-refractivity contribution in [2.45, 2.75) is 18.4 Å². The molecule has 1 heterocycles. The van der Waals surface area contributed by atoms with E-state index in [-0.39, 0.29) is 12.5 Å². The van der Waals surface area contributed by atoms with Gasteiger partial charge in [0.05, 0.1) is 19.3 Å². The Kier molecular flexibility index (Phi) is 4.07. The van der Waals surface area contributed by atoms with E-state index in [1.807, 2.05) is 29.2 Å². The Morgan fingerprint density at radius 1 is 1.47 bits per heavy atom. The van der Waals surface area contributed by atoms with Gasteiger partial charge in [0.25, 0.3) is 0 Å². The molecule has 1 amide bonds. The molecule has 1 aliphatic heterocycles. The van der Waals surface area contributed by atoms with Crippen LogP contribution in [0.5, 0.6) is 5.75 Å². The van der Waals surface area contributed by atoms with Crippen molar-refractivity contribution in [1.29, 1.82) is 0 Å². The lowest BCUT2D eigenvalue weighted by Gasteiger charge is -2.38. The maximum atomic E-state index is 10.9. The predicted octanol–water partition coefficient (Wildman–Crippen LogP) is 0.464. The number of rotatable bonds is 4. The van der Waals surface area contributed by atoms with Gasteiger partial charge in [0.1, 0.15) is 5.75 Å². The third kappa shape index (κ3) is 3.24. The number of nitrogens with two attached hydrogens (primary N) is 1. The molecular weight excluding hydrogens is 244 g/mol. The third-order valence-corrected chi connectivity index (χ3v) is 3.67. The van der Waals surface area contributed by atoms with Gasteiger partial charge in [-0.25, -0.2) is 0 Å². The Morgan fingerprint density at radius 2 is 2.16 bits per heavy atom. The molecule has 3 N–H and O–H groups in total. The molecule has 0 saturated carbocycles. The number of carbonyl (C=O) groups excluding carboxylic acids is 1. The number of nitrogens with zero attached hydrogens (tertiary/aromatic N) is 1. The monoisotopic (exact) mass is 264 g/mol. The van der Waals surface area contributed by atoms with Crippen molar-refractivity contribution in [2.24, 2.45) is 5.73 Å². The fourth-order valence-electron chi connectivity index (χ4n) is 2.50. The summed E-state index contributed by atoms with van der Waals surface area (Å²) < 4.78 is 5.18. The summed E-state index contributed by atoms with van der Waals surface area (Å²) in [6.07, 6.45) is 1.18. The molecule has 1 aromatic carbocycles. The van der Waals surface area contributed by atoms with Crippen LogP contribution >= 0.6 is 0 Å². The summed E-state index contributed by atoms with van der Waals surface area (Å²) in [5.41, 5.74) is 5.20. The topological polar surface area (TPSA) is 75.8 Å². The summed E-state index contributed by atoms with van der Waals surface area (Å²) >= 11 is 0. The molecule has 104 valence electrons. The van der Waals surface area contributed by atoms with Crippen LogP contribution in [-0.2, 0) is 10.4 Å². The van der Waals surface area contributed by atoms with Crippen LogP contribution in [0, 0.1) is 0 Å². The van der Waals surface area contributed by atoms with E-state index in [9.17, 15) is 9.90 Å². The van der Waals surface area contributed by atoms with Crippen LogP contribution in [0.15, 0.2) is 24.3 Å². The van der Waals surface area contributed by atoms with Gasteiger partial charge in [0.15, 0.2) is 0 Å². The number of hydrogen-bond acceptors (Lipinski definition) is 4. The number of methoxy groups -OCH3 is 1. The molecule has 1 fully saturated rings. The molecule has 0 atom stereocenters. The summed E-state index contributed by atoms with van der Waals surface area (Å²) in [7, 11) is 1.61. The van der Waals surface area contributed by atoms with Crippen LogP contribution in [0.2, 0.25) is 0 Å². The molecule has 0 aromatic heterocycles. The van der Waals surface area contributed by atoms with Gasteiger partial charge in [-0.1, -0.05) is 12.1 Å². The van der Waals surface area contributed by atoms with Crippen LogP contribution in [0.25, 0.3) is 0 Å². The van der Waals surface area contributed by atoms with E-state index in [0.29, 0.717) is 25.9 Å². The lowest BCUT2D eigenvalue weighted by Crippen LogP contribution is -2.45. The third-order valence-electron chi connectivity index (χ3n) is 3.67. The minimum absolute atomic E-state index is 0.258. The van der Waals surface area contributed by atoms with Crippen molar-refractivity contribution in [3.8, 4) is 5.75 Å². The van der Waals surface area contributed by atoms with Gasteiger partial charge in [0.2, 0.25) is 5.91 Å². The fourth-order valence-corrected chi connectivity index (χ4v) is 2.50. The van der Waals surface area contributed by atoms with Crippen molar-refractivity contribution < 1.29 is 14.6 Å². The number of primary amides is 1. The first kappa shape index (κ1) is 13.8. The summed E-state index contributed by atoms with van der Waals surface area (Å²) in [5.74, 6) is 0.414. The molecule has 19 heavy (non-hydrogen) atoms. The largest absolute Gasteiger partial charge is 0.497 e. The van der Waals surface area contributed by atoms with Crippen LogP contribution in [0.1, 0.15) is 18.4 Å². The lowest BCUT2D eigenvalue weighted by atomic mass is 9.84. The number of carbonyl (C=O) groups is 1. The second-order valence-corrected chi connectivity index (χ2v) is 5.01. The van der Waals surface area contributed by atoms with Crippen LogP contribution in [0.4, 0.5) is 0 Å². The Balaban J connectivity index is 2.06. The number of hydrogen-bond donors (Lipinski definition) is 2. The number of benzene rings is 1. The van der Waals surface area contributed by atoms with Gasteiger partial charge in [-0.15, -0.1) is 0 Å². The first-order valence-electron chi connectivity index (χ1n) is 6.41. The molecular formula is C14H20N2O3. The molecule has 0 aliphatic carbocycles. The highest BCUT2D eigenvalue weighted by Gasteiger charge is 2.34. The van der Waals surface area contributed by atoms with Gasteiger partial charge >= 0.3 is 0 Å². The maximum absolute atomic E-state index is 10.9. The second-order valence-electron chi connectivity index (χ2n) is 5.01. The van der Waals surface area contributed by atoms with Crippen LogP contribution in [-0.4, -0.2) is 42.7 Å². The normalized spacial score (nSPS) is 19.1. The standard InChI is InChI=1S/C14H20N2O3/c1-19-12-4-2-3-11(9-12)14(18)5-7-16(8-6-14)10-13(15)17/h2-4,9,18H,5-8,10H2,1H3,(H2,15,17). The minimum Gasteiger partial charge on any atom is -0.497 e. The van der Waals surface area contributed by atoms with E-state index in [2.05, 4.69) is 0 Å². The van der Waals surface area contributed by atoms with Gasteiger partial charge in [-0.05, 0) is 30.5 Å². The van der Waals surface area contributed by atoms with Gasteiger partial charge in [0, 0.05) is 13.1 Å². The summed E-state index contributed by atoms with van der Waals surface area (Å²) in [6.45, 7) is 1.58. The van der Waals surface area contributed by atoms with Crippen molar-refractivity contribution in [2.75, 3.05) is 26.7 Å². The zero-order chi connectivity index (χ0) is 13.9. The Labute approximate surface area is 113 Å². The SMILES string of the molecule is COc1cccc(C2(O)CCN(CC(N)=O)CC2)c1. The molecule has 1 aliphatic rings. The Bertz CT molecular complexity index is 454. The van der Waals surface area contributed by atoms with Gasteiger partial charge in [-0.3, -0.25) is 9.69 Å². The number of ether oxygens (including phenoxy) is 1.